The summed E-state index contributed by atoms with van der Waals surface area (Å²) in [5.41, 5.74) is 2.05. The second-order valence-electron chi connectivity index (χ2n) is 7.78. The highest BCUT2D eigenvalue weighted by atomic mass is 16.1. The lowest BCUT2D eigenvalue weighted by Gasteiger charge is -2.36. The van der Waals surface area contributed by atoms with Gasteiger partial charge in [0, 0.05) is 40.7 Å². The average Bonchev–Trinajstić information content (AvgIpc) is 3.09. The van der Waals surface area contributed by atoms with Crippen molar-refractivity contribution in [2.75, 3.05) is 13.1 Å². The molecular formula is C22H25NO3. The molecule has 136 valence electrons. The molecule has 3 atom stereocenters. The number of likely N-dealkylation sites (tertiary alicyclic amines) is 1. The molecule has 4 nitrogen and oxygen atoms in total. The lowest BCUT2D eigenvalue weighted by atomic mass is 9.67. The number of ketones is 3. The third-order valence-corrected chi connectivity index (χ3v) is 6.43. The molecule has 1 aromatic rings. The standard InChI is InChI=1S/C22H25NO3/c1-3-23-10-6-7-15(23)11-14-12-18(24)13(2)19-20(14)22(26)17-9-5-4-8-16(17)21(19)25/h4-5,8-9,13-15H,3,6-7,10-12H2,1-2H3. The number of carbonyl (C=O) groups excluding carboxylic acids is 3. The van der Waals surface area contributed by atoms with E-state index in [1.807, 2.05) is 0 Å². The Bertz CT molecular complexity index is 822. The molecule has 4 heteroatoms. The van der Waals surface area contributed by atoms with Crippen molar-refractivity contribution in [1.29, 1.82) is 0 Å². The molecule has 0 amide bonds. The largest absolute Gasteiger partial charge is 0.301 e. The molecule has 0 N–H and O–H groups in total. The van der Waals surface area contributed by atoms with Gasteiger partial charge in [-0.3, -0.25) is 14.4 Å². The Morgan fingerprint density at radius 3 is 2.35 bits per heavy atom. The van der Waals surface area contributed by atoms with Gasteiger partial charge in [-0.2, -0.15) is 0 Å². The number of hydrogen-bond donors (Lipinski definition) is 0. The van der Waals surface area contributed by atoms with Crippen LogP contribution >= 0.6 is 0 Å². The van der Waals surface area contributed by atoms with E-state index in [4.69, 9.17) is 0 Å². The van der Waals surface area contributed by atoms with E-state index in [0.717, 1.165) is 32.4 Å². The minimum Gasteiger partial charge on any atom is -0.301 e. The number of Topliss-reactive ketones (excluding diaryl/α,β-unsaturated/α-hetero) is 3. The molecule has 1 saturated heterocycles. The SMILES string of the molecule is CCN1CCCC1CC1CC(=O)C(C)C2=C1C(=O)c1ccccc1C2=O. The van der Waals surface area contributed by atoms with Crippen LogP contribution in [-0.4, -0.2) is 41.4 Å². The van der Waals surface area contributed by atoms with Crippen LogP contribution in [0.2, 0.25) is 0 Å². The molecule has 1 aliphatic heterocycles. The van der Waals surface area contributed by atoms with Gasteiger partial charge in [0.05, 0.1) is 0 Å². The van der Waals surface area contributed by atoms with Crippen LogP contribution in [0.15, 0.2) is 35.4 Å². The van der Waals surface area contributed by atoms with Crippen LogP contribution < -0.4 is 0 Å². The molecule has 2 aliphatic carbocycles. The minimum absolute atomic E-state index is 0.0411. The Kier molecular flexibility index (Phi) is 4.39. The van der Waals surface area contributed by atoms with Gasteiger partial charge >= 0.3 is 0 Å². The molecule has 0 aromatic heterocycles. The molecule has 0 bridgehead atoms. The Labute approximate surface area is 154 Å². The van der Waals surface area contributed by atoms with Gasteiger partial charge < -0.3 is 4.90 Å². The number of nitrogens with zero attached hydrogens (tertiary/aromatic N) is 1. The van der Waals surface area contributed by atoms with Crippen LogP contribution in [0.3, 0.4) is 0 Å². The van der Waals surface area contributed by atoms with Gasteiger partial charge in [0.1, 0.15) is 5.78 Å². The fourth-order valence-corrected chi connectivity index (χ4v) is 5.04. The second kappa shape index (κ2) is 6.58. The molecular weight excluding hydrogens is 326 g/mol. The maximum absolute atomic E-state index is 13.2. The highest BCUT2D eigenvalue weighted by Gasteiger charge is 2.44. The van der Waals surface area contributed by atoms with Crippen LogP contribution in [0.1, 0.15) is 60.2 Å². The van der Waals surface area contributed by atoms with Gasteiger partial charge in [0.25, 0.3) is 0 Å². The van der Waals surface area contributed by atoms with E-state index in [2.05, 4.69) is 11.8 Å². The van der Waals surface area contributed by atoms with E-state index in [0.29, 0.717) is 34.7 Å². The zero-order valence-electron chi connectivity index (χ0n) is 15.5. The molecule has 26 heavy (non-hydrogen) atoms. The predicted molar refractivity (Wildman–Crippen MR) is 99.3 cm³/mol. The van der Waals surface area contributed by atoms with Crippen LogP contribution in [0.5, 0.6) is 0 Å². The quantitative estimate of drug-likeness (QED) is 0.837. The van der Waals surface area contributed by atoms with Crippen LogP contribution in [-0.2, 0) is 4.79 Å². The first-order valence-corrected chi connectivity index (χ1v) is 9.72. The van der Waals surface area contributed by atoms with Crippen LogP contribution in [0, 0.1) is 11.8 Å². The number of hydrogen-bond acceptors (Lipinski definition) is 4. The lowest BCUT2D eigenvalue weighted by molar-refractivity contribution is -0.122. The number of benzene rings is 1. The highest BCUT2D eigenvalue weighted by Crippen LogP contribution is 2.42. The smallest absolute Gasteiger partial charge is 0.190 e. The lowest BCUT2D eigenvalue weighted by Crippen LogP contribution is -2.39. The first-order valence-electron chi connectivity index (χ1n) is 9.72. The molecule has 1 fully saturated rings. The van der Waals surface area contributed by atoms with E-state index in [9.17, 15) is 14.4 Å². The van der Waals surface area contributed by atoms with Crippen molar-refractivity contribution in [1.82, 2.24) is 4.90 Å². The number of allylic oxidation sites excluding steroid dienone is 2. The van der Waals surface area contributed by atoms with E-state index < -0.39 is 5.92 Å². The average molecular weight is 351 g/mol. The zero-order valence-corrected chi connectivity index (χ0v) is 15.5. The van der Waals surface area contributed by atoms with E-state index in [1.54, 1.807) is 31.2 Å². The van der Waals surface area contributed by atoms with Gasteiger partial charge in [-0.1, -0.05) is 38.1 Å². The normalized spacial score (nSPS) is 29.2. The van der Waals surface area contributed by atoms with E-state index in [-0.39, 0.29) is 23.3 Å². The van der Waals surface area contributed by atoms with Gasteiger partial charge in [-0.15, -0.1) is 0 Å². The summed E-state index contributed by atoms with van der Waals surface area (Å²) in [7, 11) is 0. The Morgan fingerprint density at radius 1 is 1.04 bits per heavy atom. The Hall–Kier alpha value is -2.07. The summed E-state index contributed by atoms with van der Waals surface area (Å²) in [5, 5.41) is 0. The van der Waals surface area contributed by atoms with Gasteiger partial charge in [0.15, 0.2) is 11.6 Å². The maximum atomic E-state index is 13.2. The van der Waals surface area contributed by atoms with Gasteiger partial charge in [-0.25, -0.2) is 0 Å². The monoisotopic (exact) mass is 351 g/mol. The zero-order chi connectivity index (χ0) is 18.4. The first kappa shape index (κ1) is 17.3. The molecule has 1 aromatic carbocycles. The highest BCUT2D eigenvalue weighted by molar-refractivity contribution is 6.29. The van der Waals surface area contributed by atoms with Crippen molar-refractivity contribution < 1.29 is 14.4 Å². The molecule has 1 heterocycles. The number of rotatable bonds is 3. The molecule has 0 spiro atoms. The predicted octanol–water partition coefficient (Wildman–Crippen LogP) is 3.46. The second-order valence-corrected chi connectivity index (χ2v) is 7.78. The topological polar surface area (TPSA) is 54.5 Å². The van der Waals surface area contributed by atoms with Crippen molar-refractivity contribution in [2.45, 2.75) is 45.6 Å². The van der Waals surface area contributed by atoms with Gasteiger partial charge in [0.2, 0.25) is 0 Å². The molecule has 3 aliphatic rings. The molecule has 0 radical (unpaired) electrons. The minimum atomic E-state index is -0.475. The fraction of sp³-hybridized carbons (Fsp3) is 0.500. The summed E-state index contributed by atoms with van der Waals surface area (Å²) in [4.78, 5) is 41.4. The number of fused-ring (bicyclic) bond motifs is 1. The van der Waals surface area contributed by atoms with Crippen molar-refractivity contribution in [3.8, 4) is 0 Å². The van der Waals surface area contributed by atoms with Crippen molar-refractivity contribution in [2.24, 2.45) is 11.8 Å². The summed E-state index contributed by atoms with van der Waals surface area (Å²) < 4.78 is 0. The summed E-state index contributed by atoms with van der Waals surface area (Å²) in [6.45, 7) is 6.01. The molecule has 3 unspecified atom stereocenters. The van der Waals surface area contributed by atoms with Crippen molar-refractivity contribution in [3.05, 3.63) is 46.5 Å². The fourth-order valence-electron chi connectivity index (χ4n) is 5.04. The van der Waals surface area contributed by atoms with Crippen LogP contribution in [0.25, 0.3) is 0 Å². The summed E-state index contributed by atoms with van der Waals surface area (Å²) in [6.07, 6.45) is 3.45. The third kappa shape index (κ3) is 2.59. The Morgan fingerprint density at radius 2 is 1.69 bits per heavy atom. The maximum Gasteiger partial charge on any atom is 0.190 e. The van der Waals surface area contributed by atoms with Crippen LogP contribution in [0.4, 0.5) is 0 Å². The van der Waals surface area contributed by atoms with Crippen molar-refractivity contribution in [3.63, 3.8) is 0 Å². The molecule has 0 saturated carbocycles. The molecule has 4 rings (SSSR count). The first-order chi connectivity index (χ1) is 12.5. The van der Waals surface area contributed by atoms with Crippen molar-refractivity contribution >= 4 is 17.3 Å². The van der Waals surface area contributed by atoms with Gasteiger partial charge in [-0.05, 0) is 38.3 Å². The Balaban J connectivity index is 1.76. The third-order valence-electron chi connectivity index (χ3n) is 6.43. The summed E-state index contributed by atoms with van der Waals surface area (Å²) in [5.74, 6) is -0.678. The summed E-state index contributed by atoms with van der Waals surface area (Å²) >= 11 is 0. The van der Waals surface area contributed by atoms with E-state index >= 15 is 0 Å². The summed E-state index contributed by atoms with van der Waals surface area (Å²) in [6, 6.07) is 7.43. The number of carbonyl (C=O) groups is 3. The van der Waals surface area contributed by atoms with E-state index in [1.165, 1.54) is 0 Å².